The highest BCUT2D eigenvalue weighted by Gasteiger charge is 2.62. The Morgan fingerprint density at radius 3 is 2.58 bits per heavy atom. The van der Waals surface area contributed by atoms with E-state index in [9.17, 15) is 32.4 Å². The lowest BCUT2D eigenvalue weighted by atomic mass is 9.87. The molecule has 3 N–H and O–H groups in total. The number of ether oxygens (including phenoxy) is 2. The molecular weight excluding hydrogens is 666 g/mol. The monoisotopic (exact) mass is 713 g/mol. The third-order valence-electron chi connectivity index (χ3n) is 10.6. The molecule has 3 fully saturated rings. The first-order valence-corrected chi connectivity index (χ1v) is 19.1. The molecule has 50 heavy (non-hydrogen) atoms. The molecule has 4 aliphatic rings. The number of amides is 4. The number of alkyl carbamates (subject to hydrolysis) is 1. The van der Waals surface area contributed by atoms with Crippen LogP contribution in [0.5, 0.6) is 0 Å². The van der Waals surface area contributed by atoms with Crippen LogP contribution in [0.1, 0.15) is 88.2 Å². The summed E-state index contributed by atoms with van der Waals surface area (Å²) in [5.41, 5.74) is 0.553. The summed E-state index contributed by atoms with van der Waals surface area (Å²) in [6.45, 7) is 5.41. The number of cyclic esters (lactones) is 1. The number of aromatic nitrogens is 1. The van der Waals surface area contributed by atoms with Crippen LogP contribution < -0.4 is 15.4 Å². The van der Waals surface area contributed by atoms with Crippen molar-refractivity contribution >= 4 is 50.7 Å². The maximum Gasteiger partial charge on any atom is 0.407 e. The van der Waals surface area contributed by atoms with Gasteiger partial charge in [0.25, 0.3) is 5.91 Å². The molecule has 2 aliphatic carbocycles. The Labute approximate surface area is 292 Å². The highest BCUT2D eigenvalue weighted by atomic mass is 32.2. The highest BCUT2D eigenvalue weighted by Crippen LogP contribution is 2.47. The third kappa shape index (κ3) is 7.33. The molecule has 14 nitrogen and oxygen atoms in total. The van der Waals surface area contributed by atoms with Gasteiger partial charge in [-0.1, -0.05) is 45.7 Å². The van der Waals surface area contributed by atoms with E-state index in [0.717, 1.165) is 42.1 Å². The van der Waals surface area contributed by atoms with Gasteiger partial charge in [0.1, 0.15) is 29.9 Å². The minimum Gasteiger partial charge on any atom is -0.456 e. The van der Waals surface area contributed by atoms with Gasteiger partial charge in [-0.15, -0.1) is 0 Å². The largest absolute Gasteiger partial charge is 0.456 e. The van der Waals surface area contributed by atoms with Crippen LogP contribution >= 0.6 is 0 Å². The van der Waals surface area contributed by atoms with Crippen LogP contribution in [-0.4, -0.2) is 90.3 Å². The normalized spacial score (nSPS) is 27.6. The summed E-state index contributed by atoms with van der Waals surface area (Å²) in [5, 5.41) is 5.57. The Balaban J connectivity index is 1.25. The molecule has 1 saturated heterocycles. The van der Waals surface area contributed by atoms with E-state index >= 15 is 0 Å². The Hall–Kier alpha value is -4.14. The number of hydrogen-bond acceptors (Lipinski definition) is 9. The zero-order valence-corrected chi connectivity index (χ0v) is 29.9. The first-order chi connectivity index (χ1) is 23.6. The number of sulfonamides is 1. The molecule has 4 atom stereocenters. The molecule has 0 radical (unpaired) electrons. The maximum atomic E-state index is 13.9. The van der Waals surface area contributed by atoms with Crippen molar-refractivity contribution in [1.29, 1.82) is 0 Å². The van der Waals surface area contributed by atoms with Crippen LogP contribution in [0, 0.1) is 11.3 Å². The smallest absolute Gasteiger partial charge is 0.407 e. The van der Waals surface area contributed by atoms with Gasteiger partial charge in [0.05, 0.1) is 18.4 Å². The highest BCUT2D eigenvalue weighted by molar-refractivity contribution is 7.91. The lowest BCUT2D eigenvalue weighted by Gasteiger charge is -2.27. The molecule has 4 amide bonds. The number of esters is 1. The molecule has 2 aromatic rings. The molecule has 0 spiro atoms. The number of fused-ring (bicyclic) bond motifs is 3. The Bertz CT molecular complexity index is 1820. The van der Waals surface area contributed by atoms with E-state index in [-0.39, 0.29) is 37.3 Å². The van der Waals surface area contributed by atoms with Gasteiger partial charge in [0.15, 0.2) is 0 Å². The standard InChI is InChI=1S/C35H47N5O9S/c1-5-22-17-35(22,32(44)38-50(46,47)24-12-13-24)37-30(42)27-15-23-19-40(27)29(41)18-36-33(45)48-20-34(2,3)14-7-6-9-21-10-8-11-26-25(21)16-28(39(26)4)31(43)49-23/h8,10-11,16,22-24,27H,5-7,9,12-15,17-20H2,1-4H3,(H,36,45)(H,37,42)(H,38,44)/t22?,23-,27+,35-/m1/s1. The van der Waals surface area contributed by atoms with Crippen molar-refractivity contribution in [2.45, 2.75) is 101 Å². The second kappa shape index (κ2) is 13.5. The van der Waals surface area contributed by atoms with Crippen LogP contribution in [-0.2, 0) is 47.3 Å². The van der Waals surface area contributed by atoms with Crippen molar-refractivity contribution < 1.29 is 41.9 Å². The quantitative estimate of drug-likeness (QED) is 0.379. The SMILES string of the molecule is CCC1C[C@]1(NC(=O)[C@@H]1C[C@@H]2CN1C(=O)CNC(=O)OCC(C)(C)CCCCc1cccc3c1cc(n3C)C(=O)O2)C(=O)NS(=O)(=O)C1CC1. The van der Waals surface area contributed by atoms with Gasteiger partial charge in [-0.05, 0) is 67.6 Å². The van der Waals surface area contributed by atoms with Crippen molar-refractivity contribution in [2.75, 3.05) is 19.7 Å². The Morgan fingerprint density at radius 1 is 1.12 bits per heavy atom. The van der Waals surface area contributed by atoms with Crippen LogP contribution in [0.2, 0.25) is 0 Å². The minimum atomic E-state index is -3.86. The molecule has 4 bridgehead atoms. The second-order valence-electron chi connectivity index (χ2n) is 15.0. The molecule has 2 saturated carbocycles. The number of hydrogen-bond donors (Lipinski definition) is 3. The molecule has 1 aromatic heterocycles. The average molecular weight is 714 g/mol. The van der Waals surface area contributed by atoms with Gasteiger partial charge in [0.2, 0.25) is 21.8 Å². The maximum absolute atomic E-state index is 13.9. The molecule has 15 heteroatoms. The predicted octanol–water partition coefficient (Wildman–Crippen LogP) is 2.68. The number of nitrogens with one attached hydrogen (secondary N) is 3. The van der Waals surface area contributed by atoms with E-state index in [1.165, 1.54) is 4.90 Å². The van der Waals surface area contributed by atoms with Crippen molar-refractivity contribution in [1.82, 2.24) is 24.8 Å². The first-order valence-electron chi connectivity index (χ1n) is 17.5. The van der Waals surface area contributed by atoms with Gasteiger partial charge in [-0.2, -0.15) is 0 Å². The van der Waals surface area contributed by atoms with Crippen LogP contribution in [0.15, 0.2) is 24.3 Å². The number of benzene rings is 1. The second-order valence-corrected chi connectivity index (χ2v) is 17.0. The molecule has 272 valence electrons. The van der Waals surface area contributed by atoms with Gasteiger partial charge in [-0.3, -0.25) is 19.1 Å². The number of carbonyl (C=O) groups excluding carboxylic acids is 5. The molecule has 1 aromatic carbocycles. The number of carbonyl (C=O) groups is 5. The van der Waals surface area contributed by atoms with Crippen molar-refractivity contribution in [3.05, 3.63) is 35.5 Å². The van der Waals surface area contributed by atoms with Crippen LogP contribution in [0.3, 0.4) is 0 Å². The van der Waals surface area contributed by atoms with Gasteiger partial charge in [0, 0.05) is 24.4 Å². The zero-order valence-electron chi connectivity index (χ0n) is 29.1. The minimum absolute atomic E-state index is 0.0635. The fraction of sp³-hybridized carbons (Fsp3) is 0.629. The first kappa shape index (κ1) is 35.7. The average Bonchev–Trinajstić information content (AvgIpc) is 3.97. The summed E-state index contributed by atoms with van der Waals surface area (Å²) >= 11 is 0. The zero-order chi connectivity index (χ0) is 36.0. The molecule has 3 heterocycles. The summed E-state index contributed by atoms with van der Waals surface area (Å²) in [7, 11) is -2.07. The van der Waals surface area contributed by atoms with E-state index in [2.05, 4.69) is 15.4 Å². The Kier molecular flexibility index (Phi) is 9.66. The molecule has 6 rings (SSSR count). The van der Waals surface area contributed by atoms with Crippen LogP contribution in [0.4, 0.5) is 4.79 Å². The molecular formula is C35H47N5O9S. The van der Waals surface area contributed by atoms with E-state index in [4.69, 9.17) is 9.47 Å². The van der Waals surface area contributed by atoms with E-state index < -0.39 is 69.3 Å². The van der Waals surface area contributed by atoms with Gasteiger partial charge < -0.3 is 29.6 Å². The van der Waals surface area contributed by atoms with Crippen LogP contribution in [0.25, 0.3) is 10.9 Å². The number of rotatable bonds is 6. The summed E-state index contributed by atoms with van der Waals surface area (Å²) in [6.07, 6.45) is 3.39. The topological polar surface area (TPSA) is 182 Å². The van der Waals surface area contributed by atoms with E-state index in [1.807, 2.05) is 45.0 Å². The molecule has 2 aliphatic heterocycles. The third-order valence-corrected chi connectivity index (χ3v) is 12.4. The summed E-state index contributed by atoms with van der Waals surface area (Å²) in [5.74, 6) is -2.99. The number of aryl methyl sites for hydroxylation is 2. The Morgan fingerprint density at radius 2 is 1.88 bits per heavy atom. The van der Waals surface area contributed by atoms with Crippen molar-refractivity contribution in [3.63, 3.8) is 0 Å². The van der Waals surface area contributed by atoms with Crippen molar-refractivity contribution in [3.8, 4) is 0 Å². The fourth-order valence-corrected chi connectivity index (χ4v) is 8.67. The fourth-order valence-electron chi connectivity index (χ4n) is 7.30. The number of nitrogens with zero attached hydrogens (tertiary/aromatic N) is 2. The summed E-state index contributed by atoms with van der Waals surface area (Å²) in [4.78, 5) is 68.3. The van der Waals surface area contributed by atoms with Crippen molar-refractivity contribution in [2.24, 2.45) is 18.4 Å². The van der Waals surface area contributed by atoms with E-state index in [1.54, 1.807) is 11.6 Å². The van der Waals surface area contributed by atoms with Gasteiger partial charge in [-0.25, -0.2) is 18.0 Å². The lowest BCUT2D eigenvalue weighted by Crippen LogP contribution is -2.57. The molecule has 1 unspecified atom stereocenters. The predicted molar refractivity (Wildman–Crippen MR) is 182 cm³/mol. The van der Waals surface area contributed by atoms with Gasteiger partial charge >= 0.3 is 12.1 Å². The van der Waals surface area contributed by atoms with E-state index in [0.29, 0.717) is 25.0 Å². The summed E-state index contributed by atoms with van der Waals surface area (Å²) in [6, 6.07) is 6.60. The summed E-state index contributed by atoms with van der Waals surface area (Å²) < 4.78 is 40.5. The lowest BCUT2D eigenvalue weighted by molar-refractivity contribution is -0.139.